The molecule has 180 valence electrons. The van der Waals surface area contributed by atoms with Gasteiger partial charge in [0.1, 0.15) is 24.8 Å². The van der Waals surface area contributed by atoms with Crippen molar-refractivity contribution in [2.75, 3.05) is 0 Å². The quantitative estimate of drug-likeness (QED) is 0.209. The number of imidazole rings is 2. The van der Waals surface area contributed by atoms with Crippen molar-refractivity contribution in [2.24, 2.45) is 38.2 Å². The van der Waals surface area contributed by atoms with E-state index in [1.54, 1.807) is 83.4 Å². The van der Waals surface area contributed by atoms with Gasteiger partial charge in [0, 0.05) is 0 Å². The molecule has 0 aliphatic carbocycles. The first-order valence-electron chi connectivity index (χ1n) is 10.6. The van der Waals surface area contributed by atoms with Gasteiger partial charge in [-0.05, 0) is 36.4 Å². The number of hydrogen-bond acceptors (Lipinski definition) is 6. The zero-order valence-corrected chi connectivity index (χ0v) is 20.5. The Labute approximate surface area is 202 Å². The van der Waals surface area contributed by atoms with Gasteiger partial charge in [0.05, 0.1) is 61.2 Å². The fourth-order valence-electron chi connectivity index (χ4n) is 3.69. The van der Waals surface area contributed by atoms with E-state index in [2.05, 4.69) is 9.98 Å². The lowest BCUT2D eigenvalue weighted by atomic mass is 10.3. The second-order valence-electron chi connectivity index (χ2n) is 8.02. The second kappa shape index (κ2) is 9.18. The van der Waals surface area contributed by atoms with Crippen LogP contribution in [-0.2, 0) is 38.0 Å². The van der Waals surface area contributed by atoms with Crippen molar-refractivity contribution in [1.29, 1.82) is 0 Å². The number of rotatable bonds is 6. The van der Waals surface area contributed by atoms with Crippen LogP contribution in [0.15, 0.2) is 93.1 Å². The van der Waals surface area contributed by atoms with E-state index in [-0.39, 0.29) is 21.2 Å². The predicted octanol–water partition coefficient (Wildman–Crippen LogP) is -0.277. The Balaban J connectivity index is 1.68. The summed E-state index contributed by atoms with van der Waals surface area (Å²) >= 11 is 0. The average Bonchev–Trinajstić information content (AvgIpc) is 3.33. The van der Waals surface area contributed by atoms with Gasteiger partial charge in [-0.15, -0.1) is 0 Å². The molecule has 0 bridgehead atoms. The van der Waals surface area contributed by atoms with Gasteiger partial charge in [0.25, 0.3) is 11.6 Å². The maximum Gasteiger partial charge on any atom is 0.292 e. The van der Waals surface area contributed by atoms with Crippen LogP contribution in [0.3, 0.4) is 0 Å². The molecule has 0 amide bonds. The first kappa shape index (κ1) is 23.9. The van der Waals surface area contributed by atoms with Crippen LogP contribution in [0.1, 0.15) is 11.6 Å². The third-order valence-electron chi connectivity index (χ3n) is 5.46. The lowest BCUT2D eigenvalue weighted by Crippen LogP contribution is -2.39. The summed E-state index contributed by atoms with van der Waals surface area (Å²) in [5, 5.41) is 25.3. The normalized spacial score (nSPS) is 12.8. The molecule has 0 atom stereocenters. The van der Waals surface area contributed by atoms with Crippen molar-refractivity contribution in [1.82, 2.24) is 9.13 Å². The van der Waals surface area contributed by atoms with Crippen LogP contribution in [0.5, 0.6) is 0 Å². The molecule has 0 spiro atoms. The molecule has 0 fully saturated rings. The van der Waals surface area contributed by atoms with Crippen molar-refractivity contribution >= 4 is 33.0 Å². The van der Waals surface area contributed by atoms with E-state index in [9.17, 15) is 18.6 Å². The summed E-state index contributed by atoms with van der Waals surface area (Å²) in [6.07, 6.45) is 6.91. The third kappa shape index (κ3) is 4.71. The third-order valence-corrected chi connectivity index (χ3v) is 7.21. The largest absolute Gasteiger partial charge is 0.853 e. The Morgan fingerprint density at radius 3 is 1.51 bits per heavy atom. The summed E-state index contributed by atoms with van der Waals surface area (Å²) in [5.41, 5.74) is 0.425. The van der Waals surface area contributed by atoms with Gasteiger partial charge in [-0.1, -0.05) is 12.1 Å². The van der Waals surface area contributed by atoms with Gasteiger partial charge in [-0.3, -0.25) is 9.98 Å². The van der Waals surface area contributed by atoms with Gasteiger partial charge >= 0.3 is 0 Å². The lowest BCUT2D eigenvalue weighted by Gasteiger charge is -2.10. The van der Waals surface area contributed by atoms with E-state index in [1.807, 2.05) is 0 Å². The van der Waals surface area contributed by atoms with E-state index in [1.165, 1.54) is 36.4 Å². The molecule has 11 heteroatoms. The standard InChI is InChI=1S/C24H24N6O4S/c1-27-11-12-28(2)23(27)21(31)25-17-7-5-9-19(15-17)35(33,34)20-10-6-8-18(16-20)26-22(32)24-29(3)13-14-30(24)4/h5-16H,1-4H3. The molecule has 0 unspecified atom stereocenters. The highest BCUT2D eigenvalue weighted by Crippen LogP contribution is 2.27. The molecule has 0 N–H and O–H groups in total. The van der Waals surface area contributed by atoms with E-state index < -0.39 is 21.6 Å². The van der Waals surface area contributed by atoms with Crippen LogP contribution in [0.4, 0.5) is 11.4 Å². The Bertz CT molecular complexity index is 1430. The van der Waals surface area contributed by atoms with Gasteiger partial charge in [-0.2, -0.15) is 0 Å². The Kier molecular flexibility index (Phi) is 6.27. The van der Waals surface area contributed by atoms with Crippen LogP contribution < -0.4 is 19.3 Å². The number of benzene rings is 2. The summed E-state index contributed by atoms with van der Waals surface area (Å²) in [7, 11) is 2.95. The van der Waals surface area contributed by atoms with Crippen molar-refractivity contribution in [3.05, 3.63) is 85.0 Å². The molecule has 10 nitrogen and oxygen atoms in total. The summed E-state index contributed by atoms with van der Waals surface area (Å²) < 4.78 is 33.2. The number of aryl methyl sites for hydroxylation is 4. The lowest BCUT2D eigenvalue weighted by molar-refractivity contribution is -0.674. The zero-order valence-electron chi connectivity index (χ0n) is 19.7. The van der Waals surface area contributed by atoms with Gasteiger partial charge in [0.2, 0.25) is 9.84 Å². The minimum absolute atomic E-state index is 0.0277. The fraction of sp³-hybridized carbons (Fsp3) is 0.167. The van der Waals surface area contributed by atoms with E-state index in [0.717, 1.165) is 0 Å². The smallest absolute Gasteiger partial charge is 0.292 e. The minimum Gasteiger partial charge on any atom is -0.853 e. The highest BCUT2D eigenvalue weighted by Gasteiger charge is 2.19. The number of sulfone groups is 1. The van der Waals surface area contributed by atoms with E-state index >= 15 is 0 Å². The Morgan fingerprint density at radius 2 is 1.17 bits per heavy atom. The molecule has 2 aromatic heterocycles. The molecular formula is C24H24N6O4S. The van der Waals surface area contributed by atoms with Gasteiger partial charge in [0.15, 0.2) is 0 Å². The molecule has 4 aromatic rings. The fourth-order valence-corrected chi connectivity index (χ4v) is 5.03. The predicted molar refractivity (Wildman–Crippen MR) is 124 cm³/mol. The molecule has 0 radical (unpaired) electrons. The second-order valence-corrected chi connectivity index (χ2v) is 9.97. The van der Waals surface area contributed by atoms with Crippen molar-refractivity contribution < 1.29 is 27.8 Å². The maximum atomic E-state index is 13.3. The average molecular weight is 493 g/mol. The van der Waals surface area contributed by atoms with Crippen LogP contribution in [-0.4, -0.2) is 29.3 Å². The number of hydrogen-bond donors (Lipinski definition) is 0. The molecule has 4 rings (SSSR count). The van der Waals surface area contributed by atoms with Gasteiger partial charge < -0.3 is 10.2 Å². The van der Waals surface area contributed by atoms with E-state index in [4.69, 9.17) is 0 Å². The summed E-state index contributed by atoms with van der Waals surface area (Å²) in [4.78, 5) is 8.10. The molecule has 0 saturated carbocycles. The molecule has 0 aliphatic rings. The molecular weight excluding hydrogens is 468 g/mol. The Hall–Kier alpha value is -4.25. The molecule has 2 aromatic carbocycles. The first-order valence-corrected chi connectivity index (χ1v) is 12.1. The monoisotopic (exact) mass is 492 g/mol. The summed E-state index contributed by atoms with van der Waals surface area (Å²) in [6.45, 7) is 0. The topological polar surface area (TPSA) is 123 Å². The van der Waals surface area contributed by atoms with Crippen LogP contribution in [0.25, 0.3) is 0 Å². The van der Waals surface area contributed by atoms with Crippen LogP contribution >= 0.6 is 0 Å². The minimum atomic E-state index is -3.96. The summed E-state index contributed by atoms with van der Waals surface area (Å²) in [5.74, 6) is -0.293. The SMILES string of the molecule is Cn1cc[n+](C)c1/C([O-])=N/c1cccc(S(=O)(=O)c2cccc(/N=C(\[O-])c3n(C)cc[n+]3C)c2)c1. The zero-order chi connectivity index (χ0) is 25.3. The maximum absolute atomic E-state index is 13.3. The van der Waals surface area contributed by atoms with Crippen LogP contribution in [0.2, 0.25) is 0 Å². The number of nitrogens with zero attached hydrogens (tertiary/aromatic N) is 6. The highest BCUT2D eigenvalue weighted by molar-refractivity contribution is 7.91. The molecule has 0 saturated heterocycles. The summed E-state index contributed by atoms with van der Waals surface area (Å²) in [6, 6.07) is 11.7. The molecule has 35 heavy (non-hydrogen) atoms. The van der Waals surface area contributed by atoms with Crippen molar-refractivity contribution in [2.45, 2.75) is 9.79 Å². The van der Waals surface area contributed by atoms with Crippen LogP contribution in [0, 0.1) is 0 Å². The van der Waals surface area contributed by atoms with Crippen molar-refractivity contribution in [3.63, 3.8) is 0 Å². The first-order chi connectivity index (χ1) is 16.6. The van der Waals surface area contributed by atoms with Crippen molar-refractivity contribution in [3.8, 4) is 0 Å². The van der Waals surface area contributed by atoms with Gasteiger partial charge in [-0.25, -0.2) is 26.7 Å². The Morgan fingerprint density at radius 1 is 0.771 bits per heavy atom. The number of aromatic nitrogens is 4. The van der Waals surface area contributed by atoms with E-state index in [0.29, 0.717) is 11.6 Å². The highest BCUT2D eigenvalue weighted by atomic mass is 32.2. The number of aliphatic imine (C=N–C) groups is 2. The molecule has 2 heterocycles. The molecule has 0 aliphatic heterocycles.